The van der Waals surface area contributed by atoms with Gasteiger partial charge < -0.3 is 5.32 Å². The Morgan fingerprint density at radius 1 is 1.33 bits per heavy atom. The van der Waals surface area contributed by atoms with E-state index in [0.29, 0.717) is 0 Å². The van der Waals surface area contributed by atoms with Crippen molar-refractivity contribution >= 4 is 11.8 Å². The van der Waals surface area contributed by atoms with Gasteiger partial charge in [0.25, 0.3) is 0 Å². The highest BCUT2D eigenvalue weighted by molar-refractivity contribution is 7.98. The van der Waals surface area contributed by atoms with Gasteiger partial charge in [-0.05, 0) is 48.9 Å². The summed E-state index contributed by atoms with van der Waals surface area (Å²) in [5.41, 5.74) is 1.22. The van der Waals surface area contributed by atoms with Crippen LogP contribution in [0, 0.1) is 11.7 Å². The van der Waals surface area contributed by atoms with Crippen LogP contribution in [0.2, 0.25) is 0 Å². The number of hydrogen-bond donors (Lipinski definition) is 1. The molecule has 1 aliphatic heterocycles. The van der Waals surface area contributed by atoms with E-state index in [2.05, 4.69) is 5.32 Å². The van der Waals surface area contributed by atoms with E-state index in [4.69, 9.17) is 0 Å². The number of halogens is 1. The van der Waals surface area contributed by atoms with Crippen LogP contribution < -0.4 is 5.32 Å². The van der Waals surface area contributed by atoms with Crippen molar-refractivity contribution in [1.29, 1.82) is 0 Å². The van der Waals surface area contributed by atoms with Crippen molar-refractivity contribution in [3.63, 3.8) is 0 Å². The fraction of sp³-hybridized carbons (Fsp3) is 0.500. The van der Waals surface area contributed by atoms with Crippen LogP contribution in [-0.4, -0.2) is 18.8 Å². The van der Waals surface area contributed by atoms with Gasteiger partial charge in [-0.1, -0.05) is 12.1 Å². The van der Waals surface area contributed by atoms with E-state index in [1.54, 1.807) is 0 Å². The molecular weight excluding hydrogens is 209 g/mol. The lowest BCUT2D eigenvalue weighted by Crippen LogP contribution is -2.10. The first-order chi connectivity index (χ1) is 7.34. The smallest absolute Gasteiger partial charge is 0.123 e. The number of nitrogens with one attached hydrogen (secondary N) is 1. The maximum atomic E-state index is 12.6. The maximum absolute atomic E-state index is 12.6. The van der Waals surface area contributed by atoms with Crippen LogP contribution in [0.1, 0.15) is 12.0 Å². The number of hydrogen-bond acceptors (Lipinski definition) is 2. The second-order valence-electron chi connectivity index (χ2n) is 4.00. The molecule has 0 aliphatic carbocycles. The molecule has 0 amide bonds. The van der Waals surface area contributed by atoms with E-state index in [-0.39, 0.29) is 5.82 Å². The van der Waals surface area contributed by atoms with Gasteiger partial charge in [0.15, 0.2) is 0 Å². The van der Waals surface area contributed by atoms with Gasteiger partial charge in [-0.2, -0.15) is 11.8 Å². The molecule has 0 aromatic heterocycles. The summed E-state index contributed by atoms with van der Waals surface area (Å²) in [5, 5.41) is 3.37. The molecule has 0 saturated carbocycles. The molecule has 3 heteroatoms. The molecule has 1 saturated heterocycles. The number of rotatable bonds is 4. The molecule has 1 fully saturated rings. The molecule has 0 bridgehead atoms. The minimum absolute atomic E-state index is 0.149. The van der Waals surface area contributed by atoms with Crippen molar-refractivity contribution in [1.82, 2.24) is 5.32 Å². The summed E-state index contributed by atoms with van der Waals surface area (Å²) in [6.45, 7) is 2.33. The monoisotopic (exact) mass is 225 g/mol. The molecule has 0 radical (unpaired) electrons. The fourth-order valence-corrected chi connectivity index (χ4v) is 2.94. The summed E-state index contributed by atoms with van der Waals surface area (Å²) in [5.74, 6) is 2.89. The van der Waals surface area contributed by atoms with Crippen LogP contribution >= 0.6 is 11.8 Å². The zero-order valence-electron chi connectivity index (χ0n) is 8.71. The Morgan fingerprint density at radius 3 is 2.80 bits per heavy atom. The molecule has 1 aromatic rings. The molecule has 1 atom stereocenters. The molecule has 0 spiro atoms. The van der Waals surface area contributed by atoms with E-state index in [1.165, 1.54) is 36.4 Å². The first kappa shape index (κ1) is 11.0. The van der Waals surface area contributed by atoms with Crippen LogP contribution in [0.4, 0.5) is 4.39 Å². The van der Waals surface area contributed by atoms with E-state index >= 15 is 0 Å². The number of benzene rings is 1. The van der Waals surface area contributed by atoms with Crippen LogP contribution in [0.3, 0.4) is 0 Å². The summed E-state index contributed by atoms with van der Waals surface area (Å²) < 4.78 is 12.6. The second kappa shape index (κ2) is 5.52. The Kier molecular flexibility index (Phi) is 4.03. The molecule has 1 unspecified atom stereocenters. The van der Waals surface area contributed by atoms with Crippen LogP contribution in [0.25, 0.3) is 0 Å². The van der Waals surface area contributed by atoms with Gasteiger partial charge in [0.05, 0.1) is 0 Å². The van der Waals surface area contributed by atoms with Gasteiger partial charge in [0.1, 0.15) is 5.82 Å². The SMILES string of the molecule is Fc1ccc(CSCC2CCNC2)cc1. The highest BCUT2D eigenvalue weighted by atomic mass is 32.2. The maximum Gasteiger partial charge on any atom is 0.123 e. The van der Waals surface area contributed by atoms with Gasteiger partial charge in [-0.3, -0.25) is 0 Å². The quantitative estimate of drug-likeness (QED) is 0.845. The van der Waals surface area contributed by atoms with Gasteiger partial charge in [0.2, 0.25) is 0 Å². The van der Waals surface area contributed by atoms with Crippen LogP contribution in [-0.2, 0) is 5.75 Å². The molecule has 15 heavy (non-hydrogen) atoms. The largest absolute Gasteiger partial charge is 0.316 e. The van der Waals surface area contributed by atoms with Crippen molar-refractivity contribution in [2.45, 2.75) is 12.2 Å². The van der Waals surface area contributed by atoms with Crippen LogP contribution in [0.5, 0.6) is 0 Å². The molecule has 1 heterocycles. The van der Waals surface area contributed by atoms with E-state index in [1.807, 2.05) is 23.9 Å². The lowest BCUT2D eigenvalue weighted by Gasteiger charge is -2.07. The summed E-state index contributed by atoms with van der Waals surface area (Å²) in [6.07, 6.45) is 1.30. The summed E-state index contributed by atoms with van der Waals surface area (Å²) in [7, 11) is 0. The molecule has 82 valence electrons. The minimum Gasteiger partial charge on any atom is -0.316 e. The van der Waals surface area contributed by atoms with Gasteiger partial charge in [0, 0.05) is 5.75 Å². The predicted molar refractivity (Wildman–Crippen MR) is 63.5 cm³/mol. The Hall–Kier alpha value is -0.540. The summed E-state index contributed by atoms with van der Waals surface area (Å²) >= 11 is 1.95. The molecule has 2 rings (SSSR count). The molecule has 1 N–H and O–H groups in total. The Morgan fingerprint density at radius 2 is 2.13 bits per heavy atom. The van der Waals surface area contributed by atoms with Crippen LogP contribution in [0.15, 0.2) is 24.3 Å². The van der Waals surface area contributed by atoms with Crippen molar-refractivity contribution in [2.24, 2.45) is 5.92 Å². The molecule has 1 aromatic carbocycles. The average Bonchev–Trinajstić information content (AvgIpc) is 2.74. The third-order valence-electron chi connectivity index (χ3n) is 2.70. The van der Waals surface area contributed by atoms with E-state index in [9.17, 15) is 4.39 Å². The van der Waals surface area contributed by atoms with Crippen molar-refractivity contribution in [3.05, 3.63) is 35.6 Å². The summed E-state index contributed by atoms with van der Waals surface area (Å²) in [4.78, 5) is 0. The molecule has 1 nitrogen and oxygen atoms in total. The Balaban J connectivity index is 1.71. The first-order valence-corrected chi connectivity index (χ1v) is 6.53. The van der Waals surface area contributed by atoms with Crippen molar-refractivity contribution in [3.8, 4) is 0 Å². The number of thioether (sulfide) groups is 1. The van der Waals surface area contributed by atoms with Gasteiger partial charge >= 0.3 is 0 Å². The van der Waals surface area contributed by atoms with Gasteiger partial charge in [-0.25, -0.2) is 4.39 Å². The zero-order chi connectivity index (χ0) is 10.5. The zero-order valence-corrected chi connectivity index (χ0v) is 9.52. The van der Waals surface area contributed by atoms with Gasteiger partial charge in [-0.15, -0.1) is 0 Å². The lowest BCUT2D eigenvalue weighted by molar-refractivity contribution is 0.627. The Bertz CT molecular complexity index is 293. The first-order valence-electron chi connectivity index (χ1n) is 5.37. The van der Waals surface area contributed by atoms with Crippen molar-refractivity contribution < 1.29 is 4.39 Å². The van der Waals surface area contributed by atoms with E-state index < -0.39 is 0 Å². The van der Waals surface area contributed by atoms with Crippen molar-refractivity contribution in [2.75, 3.05) is 18.8 Å². The average molecular weight is 225 g/mol. The molecular formula is C12H16FNS. The third-order valence-corrected chi connectivity index (χ3v) is 3.94. The topological polar surface area (TPSA) is 12.0 Å². The normalized spacial score (nSPS) is 20.7. The second-order valence-corrected chi connectivity index (χ2v) is 5.03. The minimum atomic E-state index is -0.149. The lowest BCUT2D eigenvalue weighted by atomic mass is 10.2. The van der Waals surface area contributed by atoms with E-state index in [0.717, 1.165) is 18.2 Å². The standard InChI is InChI=1S/C12H16FNS/c13-12-3-1-10(2-4-12)8-15-9-11-5-6-14-7-11/h1-4,11,14H,5-9H2. The predicted octanol–water partition coefficient (Wildman–Crippen LogP) is 2.67. The Labute approximate surface area is 94.5 Å². The highest BCUT2D eigenvalue weighted by Crippen LogP contribution is 2.19. The fourth-order valence-electron chi connectivity index (χ4n) is 1.78. The molecule has 1 aliphatic rings. The third kappa shape index (κ3) is 3.50. The summed E-state index contributed by atoms with van der Waals surface area (Å²) in [6, 6.07) is 6.81. The highest BCUT2D eigenvalue weighted by Gasteiger charge is 2.13.